The summed E-state index contributed by atoms with van der Waals surface area (Å²) in [4.78, 5) is 16.3. The van der Waals surface area contributed by atoms with Crippen molar-refractivity contribution in [3.63, 3.8) is 0 Å². The number of fused-ring (bicyclic) bond motifs is 1. The number of aromatic hydroxyl groups is 1. The molecule has 1 N–H and O–H groups in total. The molecule has 0 bridgehead atoms. The number of rotatable bonds is 5. The number of hydrogen-bond donors (Lipinski definition) is 1. The predicted octanol–water partition coefficient (Wildman–Crippen LogP) is 3.47. The Morgan fingerprint density at radius 1 is 1.15 bits per heavy atom. The molecule has 0 aliphatic carbocycles. The van der Waals surface area contributed by atoms with Gasteiger partial charge in [-0.3, -0.25) is 4.79 Å². The zero-order chi connectivity index (χ0) is 17.9. The van der Waals surface area contributed by atoms with E-state index in [-0.39, 0.29) is 24.7 Å². The maximum absolute atomic E-state index is 12.1. The quantitative estimate of drug-likeness (QED) is 0.550. The number of carbonyl (C=O) groups excluding carboxylic acids is 1. The van der Waals surface area contributed by atoms with Crippen molar-refractivity contribution in [2.45, 2.75) is 13.0 Å². The predicted molar refractivity (Wildman–Crippen MR) is 91.1 cm³/mol. The summed E-state index contributed by atoms with van der Waals surface area (Å²) in [6, 6.07) is 14.1. The molecule has 0 spiro atoms. The molecule has 0 fully saturated rings. The molecule has 2 aromatic heterocycles. The first kappa shape index (κ1) is 15.9. The van der Waals surface area contributed by atoms with Gasteiger partial charge in [-0.1, -0.05) is 35.5 Å². The number of phenols is 1. The van der Waals surface area contributed by atoms with Crippen molar-refractivity contribution in [3.05, 3.63) is 66.2 Å². The van der Waals surface area contributed by atoms with Crippen LogP contribution in [-0.2, 0) is 22.6 Å². The molecule has 4 rings (SSSR count). The Labute approximate surface area is 147 Å². The van der Waals surface area contributed by atoms with Crippen molar-refractivity contribution in [1.82, 2.24) is 10.1 Å². The third-order valence-electron chi connectivity index (χ3n) is 3.83. The lowest BCUT2D eigenvalue weighted by molar-refractivity contribution is -0.144. The zero-order valence-corrected chi connectivity index (χ0v) is 13.6. The van der Waals surface area contributed by atoms with Crippen LogP contribution >= 0.6 is 0 Å². The van der Waals surface area contributed by atoms with Gasteiger partial charge in [-0.2, -0.15) is 4.98 Å². The van der Waals surface area contributed by atoms with Gasteiger partial charge in [0.05, 0.1) is 12.7 Å². The summed E-state index contributed by atoms with van der Waals surface area (Å²) in [5.74, 6) is 0.322. The number of furan rings is 1. The molecular formula is C19H14N2O5. The summed E-state index contributed by atoms with van der Waals surface area (Å²) in [6.45, 7) is -0.102. The number of hydrogen-bond acceptors (Lipinski definition) is 7. The lowest BCUT2D eigenvalue weighted by Gasteiger charge is -2.00. The topological polar surface area (TPSA) is 98.6 Å². The lowest BCUT2D eigenvalue weighted by Crippen LogP contribution is -2.07. The molecule has 0 unspecified atom stereocenters. The van der Waals surface area contributed by atoms with E-state index in [1.54, 1.807) is 6.07 Å². The van der Waals surface area contributed by atoms with Gasteiger partial charge in [-0.25, -0.2) is 0 Å². The number of esters is 1. The minimum absolute atomic E-state index is 0.0391. The summed E-state index contributed by atoms with van der Waals surface area (Å²) in [5, 5.41) is 14.1. The molecular weight excluding hydrogens is 336 g/mol. The normalized spacial score (nSPS) is 10.9. The highest BCUT2D eigenvalue weighted by Gasteiger charge is 2.14. The van der Waals surface area contributed by atoms with Gasteiger partial charge in [0.2, 0.25) is 5.82 Å². The van der Waals surface area contributed by atoms with Gasteiger partial charge in [0.1, 0.15) is 11.3 Å². The minimum Gasteiger partial charge on any atom is -0.508 e. The molecule has 0 aliphatic heterocycles. The monoisotopic (exact) mass is 350 g/mol. The van der Waals surface area contributed by atoms with Crippen LogP contribution in [0.5, 0.6) is 5.75 Å². The molecule has 0 amide bonds. The Balaban J connectivity index is 1.39. The molecule has 0 radical (unpaired) electrons. The number of carbonyl (C=O) groups is 1. The molecule has 26 heavy (non-hydrogen) atoms. The van der Waals surface area contributed by atoms with Gasteiger partial charge in [0.15, 0.2) is 6.61 Å². The number of aromatic nitrogens is 2. The highest BCUT2D eigenvalue weighted by atomic mass is 16.6. The fourth-order valence-corrected chi connectivity index (χ4v) is 2.58. The molecule has 0 atom stereocenters. The first-order valence-electron chi connectivity index (χ1n) is 7.92. The van der Waals surface area contributed by atoms with Gasteiger partial charge in [0, 0.05) is 22.6 Å². The van der Waals surface area contributed by atoms with Crippen LogP contribution in [-0.4, -0.2) is 21.2 Å². The number of benzene rings is 2. The summed E-state index contributed by atoms with van der Waals surface area (Å²) in [7, 11) is 0. The maximum atomic E-state index is 12.1. The van der Waals surface area contributed by atoms with Crippen LogP contribution in [0, 0.1) is 0 Å². The fourth-order valence-electron chi connectivity index (χ4n) is 2.58. The SMILES string of the molecule is O=C(Cc1coc2cc(O)ccc12)OCc1nc(-c2ccccc2)no1. The second kappa shape index (κ2) is 6.72. The molecule has 2 aromatic carbocycles. The van der Waals surface area contributed by atoms with E-state index in [1.807, 2.05) is 30.3 Å². The van der Waals surface area contributed by atoms with Crippen LogP contribution < -0.4 is 0 Å². The second-order valence-electron chi connectivity index (χ2n) is 5.66. The van der Waals surface area contributed by atoms with Crippen molar-refractivity contribution in [2.75, 3.05) is 0 Å². The van der Waals surface area contributed by atoms with Crippen molar-refractivity contribution in [2.24, 2.45) is 0 Å². The Bertz CT molecular complexity index is 1050. The van der Waals surface area contributed by atoms with Gasteiger partial charge in [-0.15, -0.1) is 0 Å². The highest BCUT2D eigenvalue weighted by Crippen LogP contribution is 2.25. The van der Waals surface area contributed by atoms with Crippen LogP contribution in [0.3, 0.4) is 0 Å². The number of ether oxygens (including phenoxy) is 1. The largest absolute Gasteiger partial charge is 0.508 e. The van der Waals surface area contributed by atoms with Crippen LogP contribution in [0.2, 0.25) is 0 Å². The Morgan fingerprint density at radius 2 is 2.00 bits per heavy atom. The van der Waals surface area contributed by atoms with Crippen molar-refractivity contribution in [3.8, 4) is 17.1 Å². The Hall–Kier alpha value is -3.61. The van der Waals surface area contributed by atoms with E-state index in [4.69, 9.17) is 13.7 Å². The van der Waals surface area contributed by atoms with E-state index >= 15 is 0 Å². The van der Waals surface area contributed by atoms with Crippen molar-refractivity contribution in [1.29, 1.82) is 0 Å². The molecule has 7 nitrogen and oxygen atoms in total. The minimum atomic E-state index is -0.444. The standard InChI is InChI=1S/C19H14N2O5/c22-14-6-7-15-13(10-24-16(15)9-14)8-18(23)25-11-17-20-19(21-26-17)12-4-2-1-3-5-12/h1-7,9-10,22H,8,11H2. The fraction of sp³-hybridized carbons (Fsp3) is 0.105. The van der Waals surface area contributed by atoms with Crippen LogP contribution in [0.1, 0.15) is 11.5 Å². The average Bonchev–Trinajstić information content (AvgIpc) is 3.28. The third-order valence-corrected chi connectivity index (χ3v) is 3.83. The van der Waals surface area contributed by atoms with Crippen molar-refractivity contribution < 1.29 is 23.6 Å². The van der Waals surface area contributed by atoms with Gasteiger partial charge >= 0.3 is 5.97 Å². The summed E-state index contributed by atoms with van der Waals surface area (Å²) in [6.07, 6.45) is 1.52. The van der Waals surface area contributed by atoms with Crippen molar-refractivity contribution >= 4 is 16.9 Å². The Kier molecular flexibility index (Phi) is 4.10. The molecule has 130 valence electrons. The maximum Gasteiger partial charge on any atom is 0.310 e. The van der Waals surface area contributed by atoms with Gasteiger partial charge in [0.25, 0.3) is 5.89 Å². The summed E-state index contributed by atoms with van der Waals surface area (Å²) in [5.41, 5.74) is 2.01. The third kappa shape index (κ3) is 3.27. The second-order valence-corrected chi connectivity index (χ2v) is 5.66. The van der Waals surface area contributed by atoms with E-state index in [1.165, 1.54) is 18.4 Å². The van der Waals surface area contributed by atoms with Crippen LogP contribution in [0.15, 0.2) is 63.7 Å². The van der Waals surface area contributed by atoms with E-state index in [0.29, 0.717) is 17.0 Å². The molecule has 0 saturated heterocycles. The number of nitrogens with zero attached hydrogens (tertiary/aromatic N) is 2. The first-order chi connectivity index (χ1) is 12.7. The Morgan fingerprint density at radius 3 is 2.85 bits per heavy atom. The smallest absolute Gasteiger partial charge is 0.310 e. The molecule has 2 heterocycles. The molecule has 0 aliphatic rings. The van der Waals surface area contributed by atoms with Gasteiger partial charge < -0.3 is 18.8 Å². The van der Waals surface area contributed by atoms with Crippen LogP contribution in [0.4, 0.5) is 0 Å². The zero-order valence-electron chi connectivity index (χ0n) is 13.6. The summed E-state index contributed by atoms with van der Waals surface area (Å²) >= 11 is 0. The average molecular weight is 350 g/mol. The van der Waals surface area contributed by atoms with E-state index in [9.17, 15) is 9.90 Å². The van der Waals surface area contributed by atoms with E-state index in [2.05, 4.69) is 10.1 Å². The first-order valence-corrected chi connectivity index (χ1v) is 7.92. The highest BCUT2D eigenvalue weighted by molar-refractivity contribution is 5.86. The summed E-state index contributed by atoms with van der Waals surface area (Å²) < 4.78 is 15.6. The molecule has 7 heteroatoms. The lowest BCUT2D eigenvalue weighted by atomic mass is 10.1. The van der Waals surface area contributed by atoms with E-state index < -0.39 is 5.97 Å². The number of phenolic OH excluding ortho intramolecular Hbond substituents is 1. The molecule has 0 saturated carbocycles. The van der Waals surface area contributed by atoms with E-state index in [0.717, 1.165) is 10.9 Å². The molecule has 4 aromatic rings. The van der Waals surface area contributed by atoms with Crippen LogP contribution in [0.25, 0.3) is 22.4 Å². The van der Waals surface area contributed by atoms with Gasteiger partial charge in [-0.05, 0) is 12.1 Å².